The summed E-state index contributed by atoms with van der Waals surface area (Å²) in [7, 11) is 0. The van der Waals surface area contributed by atoms with E-state index in [9.17, 15) is 9.59 Å². The number of rotatable bonds is 2. The van der Waals surface area contributed by atoms with Crippen molar-refractivity contribution in [2.75, 3.05) is 0 Å². The smallest absolute Gasteiger partial charge is 0.262 e. The normalized spacial score (nSPS) is 28.9. The predicted molar refractivity (Wildman–Crippen MR) is 96.0 cm³/mol. The van der Waals surface area contributed by atoms with Crippen LogP contribution in [0.5, 0.6) is 0 Å². The summed E-state index contributed by atoms with van der Waals surface area (Å²) in [6.45, 7) is 2.17. The van der Waals surface area contributed by atoms with Gasteiger partial charge in [-0.1, -0.05) is 53.2 Å². The highest BCUT2D eigenvalue weighted by Gasteiger charge is 2.55. The Kier molecular flexibility index (Phi) is 3.61. The van der Waals surface area contributed by atoms with E-state index in [1.807, 2.05) is 42.5 Å². The van der Waals surface area contributed by atoms with Gasteiger partial charge in [0.1, 0.15) is 0 Å². The lowest BCUT2D eigenvalue weighted by atomic mass is 9.64. The first-order valence-electron chi connectivity index (χ1n) is 8.24. The van der Waals surface area contributed by atoms with Gasteiger partial charge in [0.2, 0.25) is 0 Å². The molecule has 0 radical (unpaired) electrons. The van der Waals surface area contributed by atoms with Gasteiger partial charge in [-0.05, 0) is 49.0 Å². The summed E-state index contributed by atoms with van der Waals surface area (Å²) in [4.78, 5) is 27.6. The van der Waals surface area contributed by atoms with Crippen LogP contribution in [0.25, 0.3) is 0 Å². The van der Waals surface area contributed by atoms with Crippen LogP contribution in [0.15, 0.2) is 64.2 Å². The molecule has 3 nitrogen and oxygen atoms in total. The fourth-order valence-corrected chi connectivity index (χ4v) is 4.43. The molecule has 4 rings (SSSR count). The van der Waals surface area contributed by atoms with Gasteiger partial charge >= 0.3 is 0 Å². The summed E-state index contributed by atoms with van der Waals surface area (Å²) in [5, 5.41) is 0. The maximum absolute atomic E-state index is 13.1. The molecule has 0 N–H and O–H groups in total. The summed E-state index contributed by atoms with van der Waals surface area (Å²) in [6.07, 6.45) is 9.61. The van der Waals surface area contributed by atoms with Gasteiger partial charge in [0, 0.05) is 15.6 Å². The van der Waals surface area contributed by atoms with Crippen molar-refractivity contribution in [2.45, 2.75) is 31.7 Å². The second kappa shape index (κ2) is 5.55. The lowest BCUT2D eigenvalue weighted by Gasteiger charge is -2.51. The maximum Gasteiger partial charge on any atom is 0.262 e. The summed E-state index contributed by atoms with van der Waals surface area (Å²) >= 11 is 3.46. The molecule has 1 aliphatic heterocycles. The second-order valence-electron chi connectivity index (χ2n) is 6.88. The van der Waals surface area contributed by atoms with Gasteiger partial charge in [0.25, 0.3) is 11.8 Å². The number of halogens is 1. The minimum absolute atomic E-state index is 0.124. The van der Waals surface area contributed by atoms with Gasteiger partial charge < -0.3 is 0 Å². The van der Waals surface area contributed by atoms with Crippen LogP contribution >= 0.6 is 15.9 Å². The van der Waals surface area contributed by atoms with Crippen LogP contribution in [0, 0.1) is 5.92 Å². The van der Waals surface area contributed by atoms with Crippen molar-refractivity contribution in [2.24, 2.45) is 5.92 Å². The molecule has 0 atom stereocenters. The Labute approximate surface area is 149 Å². The van der Waals surface area contributed by atoms with E-state index in [0.717, 1.165) is 22.9 Å². The monoisotopic (exact) mass is 383 g/mol. The molecule has 3 aliphatic rings. The zero-order valence-corrected chi connectivity index (χ0v) is 15.0. The molecule has 1 aromatic rings. The Hall–Kier alpha value is -1.94. The van der Waals surface area contributed by atoms with E-state index in [1.165, 1.54) is 4.90 Å². The highest BCUT2D eigenvalue weighted by atomic mass is 79.9. The third-order valence-corrected chi connectivity index (χ3v) is 5.76. The van der Waals surface area contributed by atoms with Crippen molar-refractivity contribution in [1.82, 2.24) is 4.90 Å². The Morgan fingerprint density at radius 2 is 1.79 bits per heavy atom. The van der Waals surface area contributed by atoms with Crippen LogP contribution in [-0.4, -0.2) is 16.7 Å². The van der Waals surface area contributed by atoms with Gasteiger partial charge in [-0.25, -0.2) is 0 Å². The van der Waals surface area contributed by atoms with Crippen molar-refractivity contribution >= 4 is 27.7 Å². The lowest BCUT2D eigenvalue weighted by molar-refractivity contribution is -0.152. The van der Waals surface area contributed by atoms with Crippen LogP contribution in [0.3, 0.4) is 0 Å². The number of allylic oxidation sites excluding steroid dienone is 3. The highest BCUT2D eigenvalue weighted by Crippen LogP contribution is 2.52. The molecule has 0 unspecified atom stereocenters. The topological polar surface area (TPSA) is 37.4 Å². The fraction of sp³-hybridized carbons (Fsp3) is 0.300. The average molecular weight is 384 g/mol. The quantitative estimate of drug-likeness (QED) is 0.715. The van der Waals surface area contributed by atoms with Crippen molar-refractivity contribution in [1.29, 1.82) is 0 Å². The Balaban J connectivity index is 1.77. The molecule has 0 saturated heterocycles. The van der Waals surface area contributed by atoms with Crippen LogP contribution in [0.4, 0.5) is 0 Å². The van der Waals surface area contributed by atoms with Crippen LogP contribution in [0.2, 0.25) is 0 Å². The number of carbonyl (C=O) groups is 2. The number of carbonyl (C=O) groups excluding carboxylic acids is 2. The Bertz CT molecular complexity index is 811. The molecule has 1 heterocycles. The molecule has 24 heavy (non-hydrogen) atoms. The minimum Gasteiger partial charge on any atom is -0.269 e. The Morgan fingerprint density at radius 1 is 1.08 bits per heavy atom. The third-order valence-electron chi connectivity index (χ3n) is 5.23. The third kappa shape index (κ3) is 2.16. The molecular weight excluding hydrogens is 366 g/mol. The number of benzene rings is 1. The fourth-order valence-electron chi connectivity index (χ4n) is 4.17. The van der Waals surface area contributed by atoms with Crippen molar-refractivity contribution < 1.29 is 9.59 Å². The standard InChI is InChI=1S/C20H18BrNO2/c1-13-11-20(12-13,14-7-9-15(21)10-8-14)22-18(23)16-5-3-2-4-6-17(16)19(22)24/h2-5,7-10,13H,6,11-12H2,1H3. The number of amides is 2. The molecule has 0 aromatic heterocycles. The number of imide groups is 1. The molecule has 1 saturated carbocycles. The minimum atomic E-state index is -0.502. The van der Waals surface area contributed by atoms with Gasteiger partial charge in [-0.2, -0.15) is 0 Å². The molecule has 1 fully saturated rings. The molecule has 0 spiro atoms. The number of hydrogen-bond donors (Lipinski definition) is 0. The van der Waals surface area contributed by atoms with Gasteiger partial charge in [0.05, 0.1) is 5.54 Å². The largest absolute Gasteiger partial charge is 0.269 e. The van der Waals surface area contributed by atoms with E-state index in [1.54, 1.807) is 6.08 Å². The Morgan fingerprint density at radius 3 is 2.46 bits per heavy atom. The van der Waals surface area contributed by atoms with Gasteiger partial charge in [-0.3, -0.25) is 14.5 Å². The lowest BCUT2D eigenvalue weighted by Crippen LogP contribution is -2.57. The first-order chi connectivity index (χ1) is 11.5. The van der Waals surface area contributed by atoms with Crippen molar-refractivity contribution in [3.05, 3.63) is 69.8 Å². The zero-order chi connectivity index (χ0) is 16.9. The molecule has 122 valence electrons. The summed E-state index contributed by atoms with van der Waals surface area (Å²) in [6, 6.07) is 8.00. The number of nitrogens with zero attached hydrogens (tertiary/aromatic N) is 1. The van der Waals surface area contributed by atoms with Crippen LogP contribution < -0.4 is 0 Å². The second-order valence-corrected chi connectivity index (χ2v) is 7.80. The molecule has 1 aromatic carbocycles. The van der Waals surface area contributed by atoms with Crippen molar-refractivity contribution in [3.8, 4) is 0 Å². The van der Waals surface area contributed by atoms with Crippen LogP contribution in [0.1, 0.15) is 31.7 Å². The van der Waals surface area contributed by atoms with E-state index in [0.29, 0.717) is 23.5 Å². The SMILES string of the molecule is CC1CC(c2ccc(Br)cc2)(N2C(=O)C3=C(CC=CC=C3)C2=O)C1. The van der Waals surface area contributed by atoms with E-state index in [-0.39, 0.29) is 11.8 Å². The summed E-state index contributed by atoms with van der Waals surface area (Å²) in [5.74, 6) is 0.232. The van der Waals surface area contributed by atoms with E-state index in [2.05, 4.69) is 22.9 Å². The van der Waals surface area contributed by atoms with Gasteiger partial charge in [0.15, 0.2) is 0 Å². The number of hydrogen-bond acceptors (Lipinski definition) is 2. The highest BCUT2D eigenvalue weighted by molar-refractivity contribution is 9.10. The molecule has 0 bridgehead atoms. The molecular formula is C20H18BrNO2. The average Bonchev–Trinajstić information content (AvgIpc) is 2.72. The summed E-state index contributed by atoms with van der Waals surface area (Å²) in [5.41, 5.74) is 1.72. The first-order valence-corrected chi connectivity index (χ1v) is 9.03. The van der Waals surface area contributed by atoms with E-state index in [4.69, 9.17) is 0 Å². The van der Waals surface area contributed by atoms with Crippen molar-refractivity contribution in [3.63, 3.8) is 0 Å². The molecule has 4 heteroatoms. The zero-order valence-electron chi connectivity index (χ0n) is 13.5. The summed E-state index contributed by atoms with van der Waals surface area (Å²) < 4.78 is 0.995. The molecule has 2 aliphatic carbocycles. The maximum atomic E-state index is 13.1. The molecule has 2 amide bonds. The van der Waals surface area contributed by atoms with E-state index >= 15 is 0 Å². The first kappa shape index (κ1) is 15.6. The van der Waals surface area contributed by atoms with Crippen LogP contribution in [-0.2, 0) is 15.1 Å². The predicted octanol–water partition coefficient (Wildman–Crippen LogP) is 4.26. The van der Waals surface area contributed by atoms with E-state index < -0.39 is 5.54 Å². The van der Waals surface area contributed by atoms with Gasteiger partial charge in [-0.15, -0.1) is 0 Å².